The predicted octanol–water partition coefficient (Wildman–Crippen LogP) is 1.83. The molecule has 6 nitrogen and oxygen atoms in total. The van der Waals surface area contributed by atoms with E-state index in [0.29, 0.717) is 17.9 Å². The van der Waals surface area contributed by atoms with E-state index in [0.717, 1.165) is 17.7 Å². The van der Waals surface area contributed by atoms with E-state index in [9.17, 15) is 14.7 Å². The van der Waals surface area contributed by atoms with E-state index in [1.807, 2.05) is 0 Å². The minimum atomic E-state index is -1.28. The van der Waals surface area contributed by atoms with E-state index >= 15 is 0 Å². The highest BCUT2D eigenvalue weighted by molar-refractivity contribution is 5.97. The van der Waals surface area contributed by atoms with Gasteiger partial charge in [0.25, 0.3) is 5.91 Å². The number of amides is 2. The van der Waals surface area contributed by atoms with Gasteiger partial charge in [-0.25, -0.2) is 0 Å². The zero-order valence-corrected chi connectivity index (χ0v) is 13.7. The Kier molecular flexibility index (Phi) is 4.15. The van der Waals surface area contributed by atoms with Crippen LogP contribution in [0.2, 0.25) is 0 Å². The maximum Gasteiger partial charge on any atom is 0.251 e. The molecule has 6 heteroatoms. The lowest BCUT2D eigenvalue weighted by molar-refractivity contribution is -0.116. The van der Waals surface area contributed by atoms with Gasteiger partial charge in [-0.2, -0.15) is 0 Å². The molecule has 0 spiro atoms. The zero-order valence-electron chi connectivity index (χ0n) is 13.7. The van der Waals surface area contributed by atoms with Crippen molar-refractivity contribution in [2.45, 2.75) is 25.9 Å². The van der Waals surface area contributed by atoms with Gasteiger partial charge in [0.15, 0.2) is 0 Å². The Morgan fingerprint density at radius 2 is 2.17 bits per heavy atom. The van der Waals surface area contributed by atoms with E-state index in [4.69, 9.17) is 4.42 Å². The van der Waals surface area contributed by atoms with Crippen LogP contribution < -0.4 is 10.2 Å². The smallest absolute Gasteiger partial charge is 0.251 e. The summed E-state index contributed by atoms with van der Waals surface area (Å²) in [6.07, 6.45) is 2.22. The molecule has 1 aromatic carbocycles. The molecule has 3 rings (SSSR count). The lowest BCUT2D eigenvalue weighted by atomic mass is 10.0. The van der Waals surface area contributed by atoms with E-state index in [1.165, 1.54) is 13.2 Å². The first-order chi connectivity index (χ1) is 11.4. The summed E-state index contributed by atoms with van der Waals surface area (Å²) in [5.74, 6) is 0.125. The van der Waals surface area contributed by atoms with Crippen molar-refractivity contribution in [3.05, 3.63) is 53.5 Å². The second kappa shape index (κ2) is 6.13. The average molecular weight is 328 g/mol. The Labute approximate surface area is 140 Å². The summed E-state index contributed by atoms with van der Waals surface area (Å²) in [5, 5.41) is 13.1. The highest BCUT2D eigenvalue weighted by Gasteiger charge is 2.28. The number of hydrogen-bond donors (Lipinski definition) is 2. The Bertz CT molecular complexity index is 765. The first-order valence-corrected chi connectivity index (χ1v) is 7.84. The van der Waals surface area contributed by atoms with Crippen molar-refractivity contribution in [1.29, 1.82) is 0 Å². The third-order valence-corrected chi connectivity index (χ3v) is 4.26. The summed E-state index contributed by atoms with van der Waals surface area (Å²) >= 11 is 0. The Morgan fingerprint density at radius 3 is 2.83 bits per heavy atom. The van der Waals surface area contributed by atoms with Crippen LogP contribution in [-0.2, 0) is 16.8 Å². The number of nitrogens with one attached hydrogen (secondary N) is 1. The molecular formula is C18H20N2O4. The molecule has 2 aromatic rings. The Hall–Kier alpha value is -2.60. The van der Waals surface area contributed by atoms with E-state index in [-0.39, 0.29) is 18.4 Å². The van der Waals surface area contributed by atoms with Crippen LogP contribution in [0.4, 0.5) is 5.69 Å². The van der Waals surface area contributed by atoms with Crippen LogP contribution in [0, 0.1) is 0 Å². The second-order valence-electron chi connectivity index (χ2n) is 6.20. The number of aliphatic hydroxyl groups is 1. The highest BCUT2D eigenvalue weighted by Crippen LogP contribution is 2.29. The Morgan fingerprint density at radius 1 is 1.38 bits per heavy atom. The number of furan rings is 1. The standard InChI is InChI=1S/C18H20N2O4/c1-12(21)20-8-7-13-10-14(5-6-15(13)20)17(22)19-11-18(2,23)16-4-3-9-24-16/h3-6,9-10,23H,7-8,11H2,1-2H3,(H,19,22). The molecule has 0 fully saturated rings. The molecule has 1 aliphatic rings. The van der Waals surface area contributed by atoms with Crippen molar-refractivity contribution in [1.82, 2.24) is 5.32 Å². The summed E-state index contributed by atoms with van der Waals surface area (Å²) in [6.45, 7) is 3.80. The minimum absolute atomic E-state index is 0.000413. The number of nitrogens with zero attached hydrogens (tertiary/aromatic N) is 1. The highest BCUT2D eigenvalue weighted by atomic mass is 16.4. The molecule has 0 radical (unpaired) electrons. The number of rotatable bonds is 4. The molecule has 126 valence electrons. The lowest BCUT2D eigenvalue weighted by Crippen LogP contribution is -2.38. The van der Waals surface area contributed by atoms with Gasteiger partial charge in [0.1, 0.15) is 11.4 Å². The third kappa shape index (κ3) is 3.05. The van der Waals surface area contributed by atoms with E-state index in [1.54, 1.807) is 42.2 Å². The Balaban J connectivity index is 1.69. The van der Waals surface area contributed by atoms with E-state index in [2.05, 4.69) is 5.32 Å². The maximum atomic E-state index is 12.3. The van der Waals surface area contributed by atoms with Crippen molar-refractivity contribution in [3.63, 3.8) is 0 Å². The van der Waals surface area contributed by atoms with Crippen molar-refractivity contribution < 1.29 is 19.1 Å². The number of fused-ring (bicyclic) bond motifs is 1. The first kappa shape index (κ1) is 16.3. The number of carbonyl (C=O) groups is 2. The third-order valence-electron chi connectivity index (χ3n) is 4.26. The summed E-state index contributed by atoms with van der Waals surface area (Å²) in [6, 6.07) is 8.64. The summed E-state index contributed by atoms with van der Waals surface area (Å²) in [5.41, 5.74) is 1.08. The summed E-state index contributed by atoms with van der Waals surface area (Å²) < 4.78 is 5.19. The topological polar surface area (TPSA) is 82.8 Å². The van der Waals surface area contributed by atoms with Gasteiger partial charge in [0.2, 0.25) is 5.91 Å². The van der Waals surface area contributed by atoms with Gasteiger partial charge in [-0.15, -0.1) is 0 Å². The number of carbonyl (C=O) groups excluding carboxylic acids is 2. The SMILES string of the molecule is CC(=O)N1CCc2cc(C(=O)NCC(C)(O)c3ccco3)ccc21. The fraction of sp³-hybridized carbons (Fsp3) is 0.333. The van der Waals surface area contributed by atoms with Gasteiger partial charge >= 0.3 is 0 Å². The zero-order chi connectivity index (χ0) is 17.3. The van der Waals surface area contributed by atoms with Gasteiger partial charge in [-0.1, -0.05) is 0 Å². The number of anilines is 1. The number of benzene rings is 1. The second-order valence-corrected chi connectivity index (χ2v) is 6.20. The van der Waals surface area contributed by atoms with Crippen molar-refractivity contribution in [2.75, 3.05) is 18.0 Å². The van der Waals surface area contributed by atoms with Gasteiger partial charge < -0.3 is 19.7 Å². The molecule has 2 amide bonds. The molecule has 2 N–H and O–H groups in total. The van der Waals surface area contributed by atoms with Gasteiger partial charge in [-0.3, -0.25) is 9.59 Å². The molecule has 24 heavy (non-hydrogen) atoms. The molecule has 1 unspecified atom stereocenters. The molecule has 2 heterocycles. The van der Waals surface area contributed by atoms with Crippen LogP contribution in [0.5, 0.6) is 0 Å². The monoisotopic (exact) mass is 328 g/mol. The fourth-order valence-corrected chi connectivity index (χ4v) is 2.90. The molecule has 1 aliphatic heterocycles. The number of hydrogen-bond acceptors (Lipinski definition) is 4. The lowest BCUT2D eigenvalue weighted by Gasteiger charge is -2.21. The van der Waals surface area contributed by atoms with E-state index < -0.39 is 5.60 Å². The normalized spacial score (nSPS) is 15.7. The molecule has 0 bridgehead atoms. The van der Waals surface area contributed by atoms with Gasteiger partial charge in [0.05, 0.1) is 12.8 Å². The average Bonchev–Trinajstić information content (AvgIpc) is 3.21. The van der Waals surface area contributed by atoms with Crippen LogP contribution in [0.3, 0.4) is 0 Å². The largest absolute Gasteiger partial charge is 0.466 e. The quantitative estimate of drug-likeness (QED) is 0.897. The van der Waals surface area contributed by atoms with Crippen LogP contribution in [0.1, 0.15) is 35.5 Å². The van der Waals surface area contributed by atoms with Crippen LogP contribution in [-0.4, -0.2) is 30.0 Å². The summed E-state index contributed by atoms with van der Waals surface area (Å²) in [7, 11) is 0. The van der Waals surface area contributed by atoms with Crippen LogP contribution in [0.15, 0.2) is 41.0 Å². The molecular weight excluding hydrogens is 308 g/mol. The molecule has 0 saturated carbocycles. The summed E-state index contributed by atoms with van der Waals surface area (Å²) in [4.78, 5) is 25.6. The van der Waals surface area contributed by atoms with Crippen molar-refractivity contribution in [2.24, 2.45) is 0 Å². The predicted molar refractivity (Wildman–Crippen MR) is 88.8 cm³/mol. The fourth-order valence-electron chi connectivity index (χ4n) is 2.90. The van der Waals surface area contributed by atoms with Crippen LogP contribution in [0.25, 0.3) is 0 Å². The van der Waals surface area contributed by atoms with Crippen molar-refractivity contribution >= 4 is 17.5 Å². The van der Waals surface area contributed by atoms with Gasteiger partial charge in [0, 0.05) is 24.7 Å². The first-order valence-electron chi connectivity index (χ1n) is 7.84. The van der Waals surface area contributed by atoms with Crippen LogP contribution >= 0.6 is 0 Å². The molecule has 1 aromatic heterocycles. The minimum Gasteiger partial charge on any atom is -0.466 e. The molecule has 0 saturated heterocycles. The molecule has 0 aliphatic carbocycles. The maximum absolute atomic E-state index is 12.3. The van der Waals surface area contributed by atoms with Gasteiger partial charge in [-0.05, 0) is 49.2 Å². The molecule has 1 atom stereocenters. The van der Waals surface area contributed by atoms with Crippen molar-refractivity contribution in [3.8, 4) is 0 Å².